The molecule has 20 heteroatoms. The molecule has 1 saturated carbocycles. The minimum absolute atomic E-state index is 0. The van der Waals surface area contributed by atoms with Crippen LogP contribution in [0.4, 0.5) is 22.7 Å². The fraction of sp³-hybridized carbons (Fsp3) is 0.673. The average molecular weight is 1060 g/mol. The van der Waals surface area contributed by atoms with Crippen molar-refractivity contribution in [3.05, 3.63) is 104 Å². The van der Waals surface area contributed by atoms with Gasteiger partial charge in [-0.05, 0) is 59.7 Å². The Labute approximate surface area is 432 Å². The highest BCUT2D eigenvalue weighted by Crippen LogP contribution is 2.41. The first kappa shape index (κ1) is 69.8. The van der Waals surface area contributed by atoms with Crippen LogP contribution >= 0.6 is 49.6 Å². The first-order valence-corrected chi connectivity index (χ1v) is 22.8. The van der Waals surface area contributed by atoms with Crippen molar-refractivity contribution in [1.82, 2.24) is 0 Å². The Bertz CT molecular complexity index is 2450. The highest BCUT2D eigenvalue weighted by atomic mass is 35.5. The van der Waals surface area contributed by atoms with Gasteiger partial charge in [-0.1, -0.05) is 104 Å². The third-order valence-electron chi connectivity index (χ3n) is 12.4. The summed E-state index contributed by atoms with van der Waals surface area (Å²) < 4.78 is 0. The lowest BCUT2D eigenvalue weighted by Crippen LogP contribution is -2.45. The number of nitrogens with one attached hydrogen (secondary N) is 4. The van der Waals surface area contributed by atoms with Crippen LogP contribution in [0.25, 0.3) is 0 Å². The summed E-state index contributed by atoms with van der Waals surface area (Å²) in [5.41, 5.74) is 25.2. The van der Waals surface area contributed by atoms with E-state index in [1.165, 1.54) is 0 Å². The molecular weight excluding hydrogens is 970 g/mol. The molecule has 0 spiro atoms. The highest BCUT2D eigenvalue weighted by molar-refractivity contribution is 5.86. The van der Waals surface area contributed by atoms with E-state index < -0.39 is 16.3 Å². The van der Waals surface area contributed by atoms with E-state index in [4.69, 9.17) is 22.9 Å². The summed E-state index contributed by atoms with van der Waals surface area (Å²) in [4.78, 5) is 90.2. The van der Waals surface area contributed by atoms with Crippen molar-refractivity contribution in [1.29, 1.82) is 0 Å². The summed E-state index contributed by atoms with van der Waals surface area (Å²) in [5.74, 6) is 0.405. The van der Waals surface area contributed by atoms with Crippen LogP contribution in [0, 0.1) is 28.6 Å². The quantitative estimate of drug-likeness (QED) is 0.0740. The summed E-state index contributed by atoms with van der Waals surface area (Å²) >= 11 is 0. The molecule has 0 heterocycles. The molecule has 0 saturated heterocycles. The fourth-order valence-electron chi connectivity index (χ4n) is 6.24. The van der Waals surface area contributed by atoms with Crippen LogP contribution in [0.1, 0.15) is 151 Å². The molecule has 0 amide bonds. The van der Waals surface area contributed by atoms with Gasteiger partial charge in [-0.2, -0.15) is 0 Å². The van der Waals surface area contributed by atoms with Crippen molar-refractivity contribution < 1.29 is 0 Å². The molecule has 1 aliphatic carbocycles. The van der Waals surface area contributed by atoms with Gasteiger partial charge < -0.3 is 44.2 Å². The Morgan fingerprint density at radius 3 is 1.07 bits per heavy atom. The number of anilines is 4. The lowest BCUT2D eigenvalue weighted by molar-refractivity contribution is 0.331. The molecule has 1 fully saturated rings. The predicted molar refractivity (Wildman–Crippen MR) is 298 cm³/mol. The van der Waals surface area contributed by atoms with Gasteiger partial charge in [0.1, 0.15) is 0 Å². The second kappa shape index (κ2) is 27.4. The molecule has 396 valence electrons. The molecule has 4 atom stereocenters. The molecule has 0 unspecified atom stereocenters. The minimum Gasteiger partial charge on any atom is -0.380 e. The predicted octanol–water partition coefficient (Wildman–Crippen LogP) is 4.83. The first-order chi connectivity index (χ1) is 29.5. The minimum atomic E-state index is -0.423. The summed E-state index contributed by atoms with van der Waals surface area (Å²) in [6, 6.07) is -0.214. The molecule has 12 N–H and O–H groups in total. The zero-order valence-corrected chi connectivity index (χ0v) is 46.9. The van der Waals surface area contributed by atoms with E-state index in [0.29, 0.717) is 78.0 Å². The number of halogens is 4. The van der Waals surface area contributed by atoms with Gasteiger partial charge in [0.15, 0.2) is 0 Å². The van der Waals surface area contributed by atoms with Crippen LogP contribution in [0.2, 0.25) is 0 Å². The molecule has 4 aromatic carbocycles. The van der Waals surface area contributed by atoms with Gasteiger partial charge in [-0.3, -0.25) is 38.4 Å². The van der Waals surface area contributed by atoms with Crippen molar-refractivity contribution in [2.75, 3.05) is 47.4 Å². The summed E-state index contributed by atoms with van der Waals surface area (Å²) in [7, 11) is 0. The number of hydrogen-bond donors (Lipinski definition) is 8. The van der Waals surface area contributed by atoms with Gasteiger partial charge in [-0.25, -0.2) is 0 Å². The van der Waals surface area contributed by atoms with E-state index >= 15 is 0 Å². The van der Waals surface area contributed by atoms with E-state index in [-0.39, 0.29) is 129 Å². The van der Waals surface area contributed by atoms with Gasteiger partial charge in [0.2, 0.25) is 43.4 Å². The van der Waals surface area contributed by atoms with Gasteiger partial charge >= 0.3 is 0 Å². The highest BCUT2D eigenvalue weighted by Gasteiger charge is 2.35. The third kappa shape index (κ3) is 18.3. The number of rotatable bonds is 15. The maximum Gasteiger partial charge on any atom is 0.249 e. The monoisotopic (exact) mass is 1050 g/mol. The van der Waals surface area contributed by atoms with Crippen molar-refractivity contribution in [3.63, 3.8) is 0 Å². The van der Waals surface area contributed by atoms with Gasteiger partial charge in [0.05, 0.1) is 22.7 Å². The second-order valence-corrected chi connectivity index (χ2v) is 22.3. The zero-order valence-electron chi connectivity index (χ0n) is 43.6. The first-order valence-electron chi connectivity index (χ1n) is 22.8. The fourth-order valence-corrected chi connectivity index (χ4v) is 6.24. The summed E-state index contributed by atoms with van der Waals surface area (Å²) in [6.45, 7) is 34.0. The van der Waals surface area contributed by atoms with E-state index in [0.717, 1.165) is 18.4 Å². The molecule has 5 rings (SSSR count). The van der Waals surface area contributed by atoms with Crippen LogP contribution in [0.15, 0.2) is 38.4 Å². The molecule has 69 heavy (non-hydrogen) atoms. The zero-order chi connectivity index (χ0) is 50.5. The van der Waals surface area contributed by atoms with Crippen LogP contribution in [0.5, 0.6) is 0 Å². The Morgan fingerprint density at radius 2 is 0.754 bits per heavy atom. The lowest BCUT2D eigenvalue weighted by Gasteiger charge is -2.28. The molecule has 0 aliphatic heterocycles. The lowest BCUT2D eigenvalue weighted by atomic mass is 9.87. The van der Waals surface area contributed by atoms with Crippen molar-refractivity contribution in [2.45, 2.75) is 166 Å². The smallest absolute Gasteiger partial charge is 0.249 e. The molecule has 0 bridgehead atoms. The van der Waals surface area contributed by atoms with Crippen LogP contribution < -0.4 is 87.6 Å². The van der Waals surface area contributed by atoms with Gasteiger partial charge in [0.25, 0.3) is 0 Å². The summed E-state index contributed by atoms with van der Waals surface area (Å²) in [6.07, 6.45) is 2.66. The maximum absolute atomic E-state index is 11.5. The standard InChI is InChI=1S/C13H20N2O2.C13H22N2O2.C12H20N2O2.C11H18N2O2.4ClH/c1-13(2,3)8(14)6-15-10-9(7-4-5-7)11(16)12(10)17;1-7(2)9-10(12(17)11(9)16)15-6-8(14)13(3,4)5;1-5-7-9(11(16)10(7)15)14-6-8(13)12(2,3)4;1-6-8(10(15)9(6)14)13-5-7(12)11(2,3)4;;;;/h7-8,15H,4-6,14H2,1-3H3;7-8,15H,6,14H2,1-5H3;8,14H,5-6,13H2,1-4H3;7,13H,5,12H2,1-4H3;4*1H/t3*8-;7-;;;;/m1111..../s1. The number of nitrogens with two attached hydrogens (primary N) is 4. The molecule has 0 radical (unpaired) electrons. The van der Waals surface area contributed by atoms with Crippen LogP contribution in [-0.4, -0.2) is 50.3 Å². The van der Waals surface area contributed by atoms with Crippen LogP contribution in [-0.2, 0) is 6.42 Å². The third-order valence-corrected chi connectivity index (χ3v) is 12.4. The molecular formula is C49H84Cl4N8O8. The Morgan fingerprint density at radius 1 is 0.449 bits per heavy atom. The Hall–Kier alpha value is -3.48. The van der Waals surface area contributed by atoms with Gasteiger partial charge in [-0.15, -0.1) is 49.6 Å². The summed E-state index contributed by atoms with van der Waals surface area (Å²) in [5, 5.41) is 12.0. The van der Waals surface area contributed by atoms with Crippen molar-refractivity contribution in [2.24, 2.45) is 44.6 Å². The largest absolute Gasteiger partial charge is 0.380 e. The van der Waals surface area contributed by atoms with Crippen molar-refractivity contribution in [3.8, 4) is 0 Å². The van der Waals surface area contributed by atoms with Crippen molar-refractivity contribution >= 4 is 72.4 Å². The van der Waals surface area contributed by atoms with E-state index in [1.54, 1.807) is 6.92 Å². The van der Waals surface area contributed by atoms with E-state index in [1.807, 2.05) is 83.1 Å². The normalized spacial score (nSPS) is 14.4. The maximum atomic E-state index is 11.5. The number of hydrogen-bond acceptors (Lipinski definition) is 16. The molecule has 1 aliphatic rings. The average Bonchev–Trinajstić information content (AvgIpc) is 4.04. The SMILES string of the molecule is CC(C)(C)[C@H](N)CNc1c(C2CC2)c(=O)c1=O.CC(C)c1c(NC[C@@H](N)C(C)(C)C)c(=O)c1=O.CCc1c(NC[C@@H](N)C(C)(C)C)c(=O)c1=O.Cc1c(NC[C@@H](N)C(C)(C)C)c(=O)c1=O.Cl.Cl.Cl.Cl. The molecule has 4 aromatic rings. The van der Waals surface area contributed by atoms with Crippen LogP contribution in [0.3, 0.4) is 0 Å². The Balaban J connectivity index is -0.000000827. The Kier molecular flexibility index (Phi) is 27.7. The van der Waals surface area contributed by atoms with E-state index in [9.17, 15) is 38.4 Å². The molecule has 16 nitrogen and oxygen atoms in total. The van der Waals surface area contributed by atoms with Gasteiger partial charge in [0, 0.05) is 72.6 Å². The van der Waals surface area contributed by atoms with E-state index in [2.05, 4.69) is 42.0 Å². The second-order valence-electron chi connectivity index (χ2n) is 22.3. The topological polar surface area (TPSA) is 289 Å². The molecule has 0 aromatic heterocycles.